The van der Waals surface area contributed by atoms with Crippen LogP contribution in [0.2, 0.25) is 0 Å². The molecule has 7 saturated carbocycles. The third-order valence-corrected chi connectivity index (χ3v) is 21.4. The molecule has 0 aromatic rings. The molecule has 0 saturated heterocycles. The number of aliphatic imine (C=N–C) groups is 2. The number of rotatable bonds is 8. The number of hydrogen-bond donors (Lipinski definition) is 4. The van der Waals surface area contributed by atoms with E-state index >= 15 is 0 Å². The smallest absolute Gasteiger partial charge is 0.0656 e. The summed E-state index contributed by atoms with van der Waals surface area (Å²) in [6, 6.07) is 0. The second-order valence-corrected chi connectivity index (χ2v) is 24.3. The molecule has 0 aromatic carbocycles. The van der Waals surface area contributed by atoms with E-state index in [9.17, 15) is 20.4 Å². The molecule has 17 atom stereocenters. The normalized spacial score (nSPS) is 48.4. The van der Waals surface area contributed by atoms with Gasteiger partial charge in [-0.15, -0.1) is 0 Å². The maximum absolute atomic E-state index is 11.6. The summed E-state index contributed by atoms with van der Waals surface area (Å²) in [5.41, 5.74) is 3.98. The Hall–Kier alpha value is -1.60. The number of aliphatic hydroxyl groups is 4. The maximum atomic E-state index is 11.6. The van der Waals surface area contributed by atoms with Crippen LogP contribution in [0.1, 0.15) is 189 Å². The van der Waals surface area contributed by atoms with Crippen molar-refractivity contribution in [3.05, 3.63) is 35.2 Å². The van der Waals surface area contributed by atoms with Gasteiger partial charge in [-0.25, -0.2) is 0 Å². The summed E-state index contributed by atoms with van der Waals surface area (Å²) in [6.45, 7) is 14.4. The molecule has 0 bridgehead atoms. The van der Waals surface area contributed by atoms with Crippen LogP contribution in [0.5, 0.6) is 0 Å². The van der Waals surface area contributed by atoms with Gasteiger partial charge in [0.1, 0.15) is 0 Å². The van der Waals surface area contributed by atoms with Crippen molar-refractivity contribution >= 4 is 12.4 Å². The fourth-order valence-corrected chi connectivity index (χ4v) is 18.2. The van der Waals surface area contributed by atoms with Crippen LogP contribution in [-0.2, 0) is 0 Å². The molecule has 334 valence electrons. The van der Waals surface area contributed by atoms with Crippen molar-refractivity contribution in [1.29, 1.82) is 0 Å². The number of aliphatic hydroxyl groups excluding tert-OH is 2. The van der Waals surface area contributed by atoms with Gasteiger partial charge < -0.3 is 20.4 Å². The zero-order valence-corrected chi connectivity index (χ0v) is 38.7. The molecule has 7 fully saturated rings. The molecule has 0 aromatic heterocycles. The van der Waals surface area contributed by atoms with E-state index in [0.29, 0.717) is 22.7 Å². The Bertz CT molecular complexity index is 1760. The van der Waals surface area contributed by atoms with Crippen LogP contribution in [0.4, 0.5) is 0 Å². The minimum absolute atomic E-state index is 0.0567. The number of fused-ring (bicyclic) bond motifs is 10. The Kier molecular flexibility index (Phi) is 11.7. The van der Waals surface area contributed by atoms with Crippen molar-refractivity contribution < 1.29 is 20.4 Å². The van der Waals surface area contributed by atoms with Crippen LogP contribution in [-0.4, -0.2) is 56.3 Å². The van der Waals surface area contributed by atoms with Gasteiger partial charge in [0.15, 0.2) is 0 Å². The van der Waals surface area contributed by atoms with Gasteiger partial charge in [-0.3, -0.25) is 9.98 Å². The van der Waals surface area contributed by atoms with E-state index in [1.807, 2.05) is 12.4 Å². The number of allylic oxidation sites excluding steroid dienone is 5. The van der Waals surface area contributed by atoms with Crippen LogP contribution in [0, 0.1) is 74.9 Å². The molecule has 8 aliphatic carbocycles. The molecule has 1 unspecified atom stereocenters. The number of nitrogens with zero attached hydrogens (tertiary/aromatic N) is 2. The van der Waals surface area contributed by atoms with E-state index in [4.69, 9.17) is 0 Å². The highest BCUT2D eigenvalue weighted by Gasteiger charge is 2.63. The Morgan fingerprint density at radius 3 is 1.70 bits per heavy atom. The molecule has 10 rings (SSSR count). The van der Waals surface area contributed by atoms with Gasteiger partial charge in [0, 0.05) is 36.7 Å². The molecule has 0 spiro atoms. The van der Waals surface area contributed by atoms with E-state index < -0.39 is 11.2 Å². The van der Waals surface area contributed by atoms with Crippen LogP contribution in [0.25, 0.3) is 0 Å². The fourth-order valence-electron chi connectivity index (χ4n) is 18.2. The van der Waals surface area contributed by atoms with Crippen LogP contribution >= 0.6 is 0 Å². The van der Waals surface area contributed by atoms with Crippen molar-refractivity contribution in [2.45, 2.75) is 213 Å². The van der Waals surface area contributed by atoms with Crippen LogP contribution in [0.3, 0.4) is 0 Å². The van der Waals surface area contributed by atoms with Crippen molar-refractivity contribution in [1.82, 2.24) is 0 Å². The molecule has 60 heavy (non-hydrogen) atoms. The second-order valence-electron chi connectivity index (χ2n) is 24.3. The SMILES string of the molecule is C[C@]12CC[C@H]3[C@@H](CC=C4C[C@@H](O)CC[C@@]43C)[C@@H]1CC[C@@H]2[C@](C)(O)CCC1=CCC=N1.C[C@]12CC[C@H]3[C@@H](CCC4C[C@@H](O)CC[C@@]43C)[C@@H]1CC[C@@H]2[C@](C)(O)CCC1=CCC=N1. The average Bonchev–Trinajstić information content (AvgIpc) is 4.04. The van der Waals surface area contributed by atoms with Gasteiger partial charge in [0.25, 0.3) is 0 Å². The van der Waals surface area contributed by atoms with E-state index in [0.717, 1.165) is 118 Å². The molecule has 6 nitrogen and oxygen atoms in total. The molecule has 2 heterocycles. The monoisotopic (exact) mass is 825 g/mol. The molecule has 6 heteroatoms. The summed E-state index contributed by atoms with van der Waals surface area (Å²) in [7, 11) is 0. The minimum atomic E-state index is -0.607. The second kappa shape index (κ2) is 16.1. The van der Waals surface area contributed by atoms with Gasteiger partial charge in [-0.2, -0.15) is 0 Å². The maximum Gasteiger partial charge on any atom is 0.0656 e. The first-order chi connectivity index (χ1) is 28.5. The Morgan fingerprint density at radius 1 is 0.583 bits per heavy atom. The van der Waals surface area contributed by atoms with Crippen molar-refractivity contribution in [3.63, 3.8) is 0 Å². The van der Waals surface area contributed by atoms with E-state index in [1.165, 1.54) is 82.7 Å². The average molecular weight is 825 g/mol. The summed E-state index contributed by atoms with van der Waals surface area (Å²) >= 11 is 0. The number of hydrogen-bond acceptors (Lipinski definition) is 6. The van der Waals surface area contributed by atoms with Crippen molar-refractivity contribution in [2.24, 2.45) is 84.9 Å². The predicted octanol–water partition coefficient (Wildman–Crippen LogP) is 11.7. The minimum Gasteiger partial charge on any atom is -0.393 e. The highest BCUT2D eigenvalue weighted by atomic mass is 16.3. The summed E-state index contributed by atoms with van der Waals surface area (Å²) in [6.07, 6.45) is 36.4. The molecule has 0 amide bonds. The van der Waals surface area contributed by atoms with Gasteiger partial charge in [-0.1, -0.05) is 51.5 Å². The van der Waals surface area contributed by atoms with Crippen LogP contribution in [0.15, 0.2) is 45.2 Å². The molecule has 10 aliphatic rings. The lowest BCUT2D eigenvalue weighted by molar-refractivity contribution is -0.144. The Morgan fingerprint density at radius 2 is 1.12 bits per heavy atom. The Labute approximate surface area is 364 Å². The van der Waals surface area contributed by atoms with Crippen LogP contribution < -0.4 is 0 Å². The predicted molar refractivity (Wildman–Crippen MR) is 245 cm³/mol. The quantitative estimate of drug-likeness (QED) is 0.183. The van der Waals surface area contributed by atoms with Gasteiger partial charge in [0.2, 0.25) is 0 Å². The zero-order chi connectivity index (χ0) is 42.3. The highest BCUT2D eigenvalue weighted by Crippen LogP contribution is 2.70. The standard InChI is InChI=1S/C27H43NO2.C27H41NO2/c2*1-25-13-11-20(29)17-18(25)6-7-21-22-8-9-24(26(22,2)14-12-23(21)25)27(3,30)15-10-19-5-4-16-28-19/h5,16,18,20-24,29-30H,4,6-15,17H2,1-3H3;5-6,16,20-24,29-30H,4,7-15,17H2,1-3H3/t18?,20-,21-,22-,23-,24-,25-,26-,27+;20-,21-,22-,23-,24-,25-,26-,27+/m00/s1. The fraction of sp³-hybridized carbons (Fsp3) is 0.852. The summed E-state index contributed by atoms with van der Waals surface area (Å²) in [5.74, 6) is 6.26. The highest BCUT2D eigenvalue weighted by molar-refractivity contribution is 5.65. The largest absolute Gasteiger partial charge is 0.393 e. The molecule has 4 N–H and O–H groups in total. The first kappa shape index (κ1) is 43.6. The van der Waals surface area contributed by atoms with E-state index in [1.54, 1.807) is 5.57 Å². The lowest BCUT2D eigenvalue weighted by Gasteiger charge is -2.61. The summed E-state index contributed by atoms with van der Waals surface area (Å²) in [4.78, 5) is 8.95. The van der Waals surface area contributed by atoms with E-state index in [-0.39, 0.29) is 23.0 Å². The van der Waals surface area contributed by atoms with Crippen molar-refractivity contribution in [2.75, 3.05) is 0 Å². The summed E-state index contributed by atoms with van der Waals surface area (Å²) < 4.78 is 0. The Balaban J connectivity index is 0.000000154. The third-order valence-electron chi connectivity index (χ3n) is 21.4. The summed E-state index contributed by atoms with van der Waals surface area (Å²) in [5, 5.41) is 43.7. The molecular weight excluding hydrogens is 741 g/mol. The van der Waals surface area contributed by atoms with Gasteiger partial charge in [0.05, 0.1) is 23.4 Å². The third kappa shape index (κ3) is 7.45. The molecule has 2 aliphatic heterocycles. The van der Waals surface area contributed by atoms with E-state index in [2.05, 4.69) is 69.8 Å². The topological polar surface area (TPSA) is 106 Å². The van der Waals surface area contributed by atoms with Gasteiger partial charge in [-0.05, 0) is 224 Å². The first-order valence-electron chi connectivity index (χ1n) is 25.4. The molecule has 0 radical (unpaired) electrons. The lowest BCUT2D eigenvalue weighted by Crippen LogP contribution is -2.55. The van der Waals surface area contributed by atoms with Gasteiger partial charge >= 0.3 is 0 Å². The first-order valence-corrected chi connectivity index (χ1v) is 25.4. The van der Waals surface area contributed by atoms with Crippen molar-refractivity contribution in [3.8, 4) is 0 Å². The lowest BCUT2D eigenvalue weighted by atomic mass is 9.44. The molecular formula is C54H84N2O4. The zero-order valence-electron chi connectivity index (χ0n) is 38.7.